The summed E-state index contributed by atoms with van der Waals surface area (Å²) in [5.41, 5.74) is -0.0838. The zero-order valence-corrected chi connectivity index (χ0v) is 15.0. The lowest BCUT2D eigenvalue weighted by molar-refractivity contribution is -0.131. The molecule has 1 N–H and O–H groups in total. The van der Waals surface area contributed by atoms with Gasteiger partial charge < -0.3 is 24.1 Å². The molecule has 3 rings (SSSR count). The molecule has 0 amide bonds. The molecule has 0 saturated heterocycles. The molecule has 8 nitrogen and oxygen atoms in total. The maximum atomic E-state index is 13.2. The maximum Gasteiger partial charge on any atom is 0.308 e. The number of hydrogen-bond donors (Lipinski definition) is 1. The zero-order valence-electron chi connectivity index (χ0n) is 15.0. The molecule has 0 bridgehead atoms. The van der Waals surface area contributed by atoms with Crippen molar-refractivity contribution in [3.63, 3.8) is 0 Å². The average Bonchev–Trinajstić information content (AvgIpc) is 2.64. The maximum absolute atomic E-state index is 13.2. The van der Waals surface area contributed by atoms with E-state index >= 15 is 0 Å². The van der Waals surface area contributed by atoms with Gasteiger partial charge in [0.15, 0.2) is 23.1 Å². The van der Waals surface area contributed by atoms with Crippen molar-refractivity contribution in [2.45, 2.75) is 6.92 Å². The Morgan fingerprint density at radius 1 is 0.852 bits per heavy atom. The second-order valence-corrected chi connectivity index (χ2v) is 5.66. The van der Waals surface area contributed by atoms with E-state index < -0.39 is 23.3 Å². The second kappa shape index (κ2) is 6.64. The molecule has 2 aromatic rings. The Morgan fingerprint density at radius 2 is 1.41 bits per heavy atom. The zero-order chi connectivity index (χ0) is 19.9. The van der Waals surface area contributed by atoms with Gasteiger partial charge in [-0.2, -0.15) is 0 Å². The van der Waals surface area contributed by atoms with Crippen LogP contribution in [0.15, 0.2) is 18.2 Å². The number of fused-ring (bicyclic) bond motifs is 2. The van der Waals surface area contributed by atoms with Gasteiger partial charge in [0, 0.05) is 18.1 Å². The van der Waals surface area contributed by atoms with E-state index in [9.17, 15) is 19.5 Å². The number of carbonyl (C=O) groups is 3. The molecule has 0 aliphatic heterocycles. The lowest BCUT2D eigenvalue weighted by Crippen LogP contribution is -2.23. The van der Waals surface area contributed by atoms with Gasteiger partial charge in [-0.1, -0.05) is 0 Å². The highest BCUT2D eigenvalue weighted by Gasteiger charge is 2.39. The molecule has 0 unspecified atom stereocenters. The van der Waals surface area contributed by atoms with Crippen molar-refractivity contribution in [2.24, 2.45) is 0 Å². The number of aromatic hydroxyl groups is 1. The minimum atomic E-state index is -0.559. The quantitative estimate of drug-likeness (QED) is 0.548. The third-order valence-corrected chi connectivity index (χ3v) is 4.15. The first-order chi connectivity index (χ1) is 12.8. The van der Waals surface area contributed by atoms with E-state index in [2.05, 4.69) is 0 Å². The molecular weight excluding hydrogens is 356 g/mol. The summed E-state index contributed by atoms with van der Waals surface area (Å²) in [6, 6.07) is 4.10. The minimum absolute atomic E-state index is 0.0411. The summed E-state index contributed by atoms with van der Waals surface area (Å²) in [5.74, 6) is -2.38. The van der Waals surface area contributed by atoms with E-state index in [1.165, 1.54) is 46.5 Å². The van der Waals surface area contributed by atoms with E-state index in [1.807, 2.05) is 0 Å². The summed E-state index contributed by atoms with van der Waals surface area (Å²) >= 11 is 0. The summed E-state index contributed by atoms with van der Waals surface area (Å²) in [6.45, 7) is 1.23. The molecule has 27 heavy (non-hydrogen) atoms. The second-order valence-electron chi connectivity index (χ2n) is 5.66. The smallest absolute Gasteiger partial charge is 0.308 e. The van der Waals surface area contributed by atoms with Crippen LogP contribution < -0.4 is 18.9 Å². The number of benzene rings is 2. The topological polar surface area (TPSA) is 108 Å². The molecule has 2 aromatic carbocycles. The van der Waals surface area contributed by atoms with Crippen molar-refractivity contribution in [2.75, 3.05) is 21.3 Å². The SMILES string of the molecule is COc1c(O)c(OC)c2c(c1OC)C(=O)c1cc(OC(C)=O)ccc1C2=O. The Balaban J connectivity index is 2.34. The number of rotatable bonds is 4. The molecule has 0 atom stereocenters. The van der Waals surface area contributed by atoms with E-state index in [0.29, 0.717) is 0 Å². The van der Waals surface area contributed by atoms with Crippen molar-refractivity contribution >= 4 is 17.5 Å². The Hall–Kier alpha value is -3.55. The number of hydrogen-bond acceptors (Lipinski definition) is 8. The molecule has 140 valence electrons. The third-order valence-electron chi connectivity index (χ3n) is 4.15. The lowest BCUT2D eigenvalue weighted by atomic mass is 9.82. The highest BCUT2D eigenvalue weighted by atomic mass is 16.5. The predicted molar refractivity (Wildman–Crippen MR) is 92.4 cm³/mol. The minimum Gasteiger partial charge on any atom is -0.502 e. The molecule has 0 heterocycles. The van der Waals surface area contributed by atoms with Gasteiger partial charge in [0.25, 0.3) is 0 Å². The van der Waals surface area contributed by atoms with Gasteiger partial charge in [0.1, 0.15) is 5.75 Å². The van der Waals surface area contributed by atoms with Crippen LogP contribution >= 0.6 is 0 Å². The highest BCUT2D eigenvalue weighted by Crippen LogP contribution is 2.51. The van der Waals surface area contributed by atoms with E-state index in [1.54, 1.807) is 0 Å². The predicted octanol–water partition coefficient (Wildman–Crippen LogP) is 2.12. The van der Waals surface area contributed by atoms with Crippen LogP contribution in [0.25, 0.3) is 0 Å². The monoisotopic (exact) mass is 372 g/mol. The van der Waals surface area contributed by atoms with E-state index in [4.69, 9.17) is 18.9 Å². The van der Waals surface area contributed by atoms with Crippen LogP contribution in [-0.2, 0) is 4.79 Å². The number of phenolic OH excluding ortho intramolecular Hbond substituents is 1. The van der Waals surface area contributed by atoms with Gasteiger partial charge in [-0.15, -0.1) is 0 Å². The molecule has 0 aromatic heterocycles. The van der Waals surface area contributed by atoms with Gasteiger partial charge in [-0.25, -0.2) is 0 Å². The first-order valence-corrected chi connectivity index (χ1v) is 7.82. The van der Waals surface area contributed by atoms with Gasteiger partial charge in [0.05, 0.1) is 32.5 Å². The fourth-order valence-electron chi connectivity index (χ4n) is 3.09. The molecular formula is C19H16O8. The Kier molecular flexibility index (Phi) is 4.49. The molecule has 0 fully saturated rings. The van der Waals surface area contributed by atoms with Crippen LogP contribution in [0.5, 0.6) is 28.7 Å². The standard InChI is InChI=1S/C19H16O8/c1-8(20)27-9-5-6-10-11(7-9)15(22)13-12(14(10)21)17(24-2)16(23)19(26-4)18(13)25-3/h5-7,23H,1-4H3. The lowest BCUT2D eigenvalue weighted by Gasteiger charge is -2.24. The number of phenols is 1. The summed E-state index contributed by atoms with van der Waals surface area (Å²) in [6.07, 6.45) is 0. The Morgan fingerprint density at radius 3 is 1.96 bits per heavy atom. The molecule has 1 aliphatic rings. The number of ether oxygens (including phenoxy) is 4. The van der Waals surface area contributed by atoms with Crippen LogP contribution in [0, 0.1) is 0 Å². The number of carbonyl (C=O) groups excluding carboxylic acids is 3. The number of esters is 1. The van der Waals surface area contributed by atoms with E-state index in [-0.39, 0.29) is 45.3 Å². The molecule has 8 heteroatoms. The summed E-state index contributed by atoms with van der Waals surface area (Å²) in [7, 11) is 3.83. The van der Waals surface area contributed by atoms with Crippen LogP contribution in [0.4, 0.5) is 0 Å². The molecule has 0 spiro atoms. The van der Waals surface area contributed by atoms with Crippen LogP contribution in [0.3, 0.4) is 0 Å². The first-order valence-electron chi connectivity index (χ1n) is 7.82. The van der Waals surface area contributed by atoms with Gasteiger partial charge >= 0.3 is 5.97 Å². The summed E-state index contributed by atoms with van der Waals surface area (Å²) < 4.78 is 20.5. The third kappa shape index (κ3) is 2.66. The van der Waals surface area contributed by atoms with E-state index in [0.717, 1.165) is 0 Å². The first kappa shape index (κ1) is 18.2. The Bertz CT molecular complexity index is 990. The van der Waals surface area contributed by atoms with Crippen molar-refractivity contribution in [3.05, 3.63) is 40.5 Å². The van der Waals surface area contributed by atoms with Gasteiger partial charge in [-0.05, 0) is 18.2 Å². The van der Waals surface area contributed by atoms with Crippen LogP contribution in [0.2, 0.25) is 0 Å². The van der Waals surface area contributed by atoms with Crippen LogP contribution in [0.1, 0.15) is 38.8 Å². The van der Waals surface area contributed by atoms with Crippen molar-refractivity contribution in [3.8, 4) is 28.7 Å². The summed E-state index contributed by atoms with van der Waals surface area (Å²) in [4.78, 5) is 37.4. The normalized spacial score (nSPS) is 12.1. The largest absolute Gasteiger partial charge is 0.502 e. The fourth-order valence-corrected chi connectivity index (χ4v) is 3.09. The average molecular weight is 372 g/mol. The van der Waals surface area contributed by atoms with Crippen molar-refractivity contribution in [1.29, 1.82) is 0 Å². The molecule has 0 saturated carbocycles. The fraction of sp³-hybridized carbons (Fsp3) is 0.211. The van der Waals surface area contributed by atoms with Crippen molar-refractivity contribution < 1.29 is 38.4 Å². The van der Waals surface area contributed by atoms with Gasteiger partial charge in [0.2, 0.25) is 11.5 Å². The Labute approximate surface area is 154 Å². The summed E-state index contributed by atoms with van der Waals surface area (Å²) in [5, 5.41) is 10.4. The molecule has 1 aliphatic carbocycles. The number of ketones is 2. The van der Waals surface area contributed by atoms with Crippen LogP contribution in [-0.4, -0.2) is 44.0 Å². The number of methoxy groups -OCH3 is 3. The van der Waals surface area contributed by atoms with Crippen molar-refractivity contribution in [1.82, 2.24) is 0 Å². The van der Waals surface area contributed by atoms with Gasteiger partial charge in [-0.3, -0.25) is 14.4 Å². The highest BCUT2D eigenvalue weighted by molar-refractivity contribution is 6.31. The molecule has 0 radical (unpaired) electrons.